The van der Waals surface area contributed by atoms with E-state index < -0.39 is 32.7 Å². The van der Waals surface area contributed by atoms with E-state index in [0.29, 0.717) is 6.61 Å². The van der Waals surface area contributed by atoms with E-state index in [9.17, 15) is 23.1 Å². The van der Waals surface area contributed by atoms with Crippen LogP contribution in [0.4, 0.5) is 0 Å². The zero-order chi connectivity index (χ0) is 19.8. The van der Waals surface area contributed by atoms with Crippen LogP contribution in [0.5, 0.6) is 0 Å². The Kier molecular flexibility index (Phi) is 5.49. The molecule has 1 fully saturated rings. The molecule has 0 aliphatic heterocycles. The number of hydrogen-bond acceptors (Lipinski definition) is 5. The molecule has 0 saturated heterocycles. The van der Waals surface area contributed by atoms with E-state index in [1.54, 1.807) is 20.8 Å². The maximum atomic E-state index is 12.6. The summed E-state index contributed by atoms with van der Waals surface area (Å²) in [4.78, 5) is 24.6. The Hall–Kier alpha value is -1.93. The highest BCUT2D eigenvalue weighted by Gasteiger charge is 2.66. The molecule has 0 spiro atoms. The number of carboxylic acid groups (broad SMARTS) is 1. The minimum atomic E-state index is -3.36. The minimum absolute atomic E-state index is 0.0341. The SMILES string of the molecule is CCOC1CC(NC(=O)c2ccc(S(=O)(=O)CC)cc2)(C(=O)O)C1(C)C. The van der Waals surface area contributed by atoms with Gasteiger partial charge in [-0.1, -0.05) is 20.8 Å². The lowest BCUT2D eigenvalue weighted by atomic mass is 9.54. The van der Waals surface area contributed by atoms with Crippen LogP contribution in [0.3, 0.4) is 0 Å². The lowest BCUT2D eigenvalue weighted by Crippen LogP contribution is -2.76. The fourth-order valence-electron chi connectivity index (χ4n) is 3.28. The summed E-state index contributed by atoms with van der Waals surface area (Å²) in [5.41, 5.74) is -2.01. The second kappa shape index (κ2) is 7.00. The van der Waals surface area contributed by atoms with Crippen molar-refractivity contribution in [3.05, 3.63) is 29.8 Å². The third-order valence-corrected chi connectivity index (χ3v) is 7.06. The number of aliphatic carboxylic acids is 1. The largest absolute Gasteiger partial charge is 0.479 e. The van der Waals surface area contributed by atoms with Crippen LogP contribution in [0, 0.1) is 5.41 Å². The van der Waals surface area contributed by atoms with Gasteiger partial charge >= 0.3 is 5.97 Å². The zero-order valence-corrected chi connectivity index (χ0v) is 16.2. The van der Waals surface area contributed by atoms with Gasteiger partial charge in [0.15, 0.2) is 9.84 Å². The molecule has 0 heterocycles. The summed E-state index contributed by atoms with van der Waals surface area (Å²) in [6.07, 6.45) is -0.0852. The van der Waals surface area contributed by atoms with E-state index in [1.165, 1.54) is 24.3 Å². The van der Waals surface area contributed by atoms with Crippen molar-refractivity contribution in [2.45, 2.75) is 50.7 Å². The molecule has 0 radical (unpaired) electrons. The molecule has 26 heavy (non-hydrogen) atoms. The molecule has 2 unspecified atom stereocenters. The first-order chi connectivity index (χ1) is 12.0. The van der Waals surface area contributed by atoms with Crippen LogP contribution in [-0.2, 0) is 19.4 Å². The Balaban J connectivity index is 2.24. The number of carboxylic acids is 1. The summed E-state index contributed by atoms with van der Waals surface area (Å²) in [7, 11) is -3.36. The fourth-order valence-corrected chi connectivity index (χ4v) is 4.17. The Bertz CT molecular complexity index is 799. The minimum Gasteiger partial charge on any atom is -0.479 e. The molecule has 0 bridgehead atoms. The number of rotatable bonds is 7. The molecule has 2 rings (SSSR count). The van der Waals surface area contributed by atoms with Crippen molar-refractivity contribution in [1.82, 2.24) is 5.32 Å². The first kappa shape index (κ1) is 20.4. The number of ether oxygens (including phenoxy) is 1. The van der Waals surface area contributed by atoms with E-state index in [1.807, 2.05) is 6.92 Å². The quantitative estimate of drug-likeness (QED) is 0.744. The topological polar surface area (TPSA) is 110 Å². The van der Waals surface area contributed by atoms with Gasteiger partial charge in [-0.05, 0) is 31.2 Å². The average molecular weight is 383 g/mol. The maximum absolute atomic E-state index is 12.6. The molecule has 2 atom stereocenters. The van der Waals surface area contributed by atoms with Gasteiger partial charge in [0.1, 0.15) is 5.54 Å². The number of carbonyl (C=O) groups excluding carboxylic acids is 1. The molecule has 1 aromatic rings. The third-order valence-electron chi connectivity index (χ3n) is 5.31. The van der Waals surface area contributed by atoms with Crippen LogP contribution >= 0.6 is 0 Å². The van der Waals surface area contributed by atoms with Gasteiger partial charge in [-0.15, -0.1) is 0 Å². The predicted molar refractivity (Wildman–Crippen MR) is 95.8 cm³/mol. The van der Waals surface area contributed by atoms with Crippen LogP contribution in [0.15, 0.2) is 29.2 Å². The summed E-state index contributed by atoms with van der Waals surface area (Å²) >= 11 is 0. The van der Waals surface area contributed by atoms with Crippen molar-refractivity contribution < 1.29 is 27.9 Å². The monoisotopic (exact) mass is 383 g/mol. The van der Waals surface area contributed by atoms with Gasteiger partial charge < -0.3 is 15.2 Å². The first-order valence-corrected chi connectivity index (χ1v) is 10.2. The molecule has 1 aliphatic rings. The van der Waals surface area contributed by atoms with Crippen LogP contribution < -0.4 is 5.32 Å². The van der Waals surface area contributed by atoms with Crippen LogP contribution in [0.25, 0.3) is 0 Å². The van der Waals surface area contributed by atoms with Crippen molar-refractivity contribution in [2.24, 2.45) is 5.41 Å². The maximum Gasteiger partial charge on any atom is 0.330 e. The second-order valence-electron chi connectivity index (χ2n) is 6.96. The molecular formula is C18H25NO6S. The Labute approximate surface area is 153 Å². The number of amides is 1. The van der Waals surface area contributed by atoms with Gasteiger partial charge in [0.2, 0.25) is 0 Å². The van der Waals surface area contributed by atoms with Crippen LogP contribution in [0.2, 0.25) is 0 Å². The summed E-state index contributed by atoms with van der Waals surface area (Å²) in [6, 6.07) is 5.49. The van der Waals surface area contributed by atoms with Gasteiger partial charge in [0, 0.05) is 24.0 Å². The lowest BCUT2D eigenvalue weighted by Gasteiger charge is -2.58. The van der Waals surface area contributed by atoms with Gasteiger partial charge in [0.25, 0.3) is 5.91 Å². The van der Waals surface area contributed by atoms with Gasteiger partial charge in [-0.25, -0.2) is 13.2 Å². The lowest BCUT2D eigenvalue weighted by molar-refractivity contribution is -0.190. The van der Waals surface area contributed by atoms with Gasteiger partial charge in [-0.3, -0.25) is 4.79 Å². The number of sulfone groups is 1. The molecule has 1 saturated carbocycles. The normalized spacial score (nSPS) is 24.5. The Morgan fingerprint density at radius 1 is 1.23 bits per heavy atom. The molecule has 144 valence electrons. The molecule has 8 heteroatoms. The van der Waals surface area contributed by atoms with Gasteiger partial charge in [0.05, 0.1) is 16.8 Å². The van der Waals surface area contributed by atoms with Crippen LogP contribution in [-0.4, -0.2) is 49.4 Å². The molecule has 1 amide bonds. The van der Waals surface area contributed by atoms with Crippen molar-refractivity contribution >= 4 is 21.7 Å². The van der Waals surface area contributed by atoms with E-state index in [2.05, 4.69) is 5.32 Å². The van der Waals surface area contributed by atoms with Crippen molar-refractivity contribution in [3.63, 3.8) is 0 Å². The molecule has 2 N–H and O–H groups in total. The Morgan fingerprint density at radius 3 is 2.23 bits per heavy atom. The summed E-state index contributed by atoms with van der Waals surface area (Å²) in [5.74, 6) is -1.71. The van der Waals surface area contributed by atoms with Crippen molar-refractivity contribution in [1.29, 1.82) is 0 Å². The van der Waals surface area contributed by atoms with Crippen molar-refractivity contribution in [3.8, 4) is 0 Å². The van der Waals surface area contributed by atoms with Crippen molar-refractivity contribution in [2.75, 3.05) is 12.4 Å². The number of nitrogens with one attached hydrogen (secondary N) is 1. The zero-order valence-electron chi connectivity index (χ0n) is 15.4. The molecule has 7 nitrogen and oxygen atoms in total. The number of benzene rings is 1. The highest BCUT2D eigenvalue weighted by Crippen LogP contribution is 2.51. The average Bonchev–Trinajstić information content (AvgIpc) is 2.60. The highest BCUT2D eigenvalue weighted by molar-refractivity contribution is 7.91. The van der Waals surface area contributed by atoms with Gasteiger partial charge in [-0.2, -0.15) is 0 Å². The summed E-state index contributed by atoms with van der Waals surface area (Å²) in [6.45, 7) is 7.34. The fraction of sp³-hybridized carbons (Fsp3) is 0.556. The van der Waals surface area contributed by atoms with Crippen LogP contribution in [0.1, 0.15) is 44.5 Å². The summed E-state index contributed by atoms with van der Waals surface area (Å²) < 4.78 is 29.3. The highest BCUT2D eigenvalue weighted by atomic mass is 32.2. The van der Waals surface area contributed by atoms with E-state index in [-0.39, 0.29) is 28.7 Å². The second-order valence-corrected chi connectivity index (χ2v) is 9.24. The first-order valence-electron chi connectivity index (χ1n) is 8.52. The predicted octanol–water partition coefficient (Wildman–Crippen LogP) is 1.87. The standard InChI is InChI=1S/C18H25NO6S/c1-5-25-14-11-18(16(21)22,17(14,3)4)19-15(20)12-7-9-13(10-8-12)26(23,24)6-2/h7-10,14H,5-6,11H2,1-4H3,(H,19,20)(H,21,22). The third kappa shape index (κ3) is 3.23. The van der Waals surface area contributed by atoms with E-state index in [4.69, 9.17) is 4.74 Å². The van der Waals surface area contributed by atoms with E-state index >= 15 is 0 Å². The molecular weight excluding hydrogens is 358 g/mol. The Morgan fingerprint density at radius 2 is 1.81 bits per heavy atom. The molecule has 1 aromatic carbocycles. The number of hydrogen-bond donors (Lipinski definition) is 2. The molecule has 0 aromatic heterocycles. The number of carbonyl (C=O) groups is 2. The smallest absolute Gasteiger partial charge is 0.330 e. The van der Waals surface area contributed by atoms with E-state index in [0.717, 1.165) is 0 Å². The summed E-state index contributed by atoms with van der Waals surface area (Å²) in [5, 5.41) is 12.4. The molecule has 1 aliphatic carbocycles.